The van der Waals surface area contributed by atoms with Crippen LogP contribution in [0.5, 0.6) is 0 Å². The second-order valence-electron chi connectivity index (χ2n) is 7.57. The molecule has 0 radical (unpaired) electrons. The minimum Gasteiger partial charge on any atom is -0.741 e. The van der Waals surface area contributed by atoms with Gasteiger partial charge in [-0.15, -0.1) is 0 Å². The molecule has 5 rings (SSSR count). The number of quaternary nitrogens is 1. The van der Waals surface area contributed by atoms with E-state index in [9.17, 15) is 13.2 Å². The molecule has 29 heavy (non-hydrogen) atoms. The molecule has 2 aromatic rings. The summed E-state index contributed by atoms with van der Waals surface area (Å²) in [4.78, 5) is 2.69. The Morgan fingerprint density at radius 1 is 0.931 bits per heavy atom. The van der Waals surface area contributed by atoms with E-state index in [1.54, 1.807) is 0 Å². The quantitative estimate of drug-likeness (QED) is 0.418. The first-order chi connectivity index (χ1) is 13.5. The van der Waals surface area contributed by atoms with Gasteiger partial charge in [-0.25, -0.2) is 8.42 Å². The molecule has 5 nitrogen and oxygen atoms in total. The van der Waals surface area contributed by atoms with Gasteiger partial charge in [0, 0.05) is 18.7 Å². The maximum absolute atomic E-state index is 10.7. The van der Waals surface area contributed by atoms with Gasteiger partial charge in [-0.2, -0.15) is 13.2 Å². The molecule has 0 spiro atoms. The first-order valence-electron chi connectivity index (χ1n) is 9.23. The van der Waals surface area contributed by atoms with E-state index in [1.165, 1.54) is 41.8 Å². The van der Waals surface area contributed by atoms with Crippen molar-refractivity contribution >= 4 is 10.1 Å². The van der Waals surface area contributed by atoms with E-state index in [-0.39, 0.29) is 0 Å². The Balaban J connectivity index is 0.000000258. The van der Waals surface area contributed by atoms with Crippen molar-refractivity contribution in [2.24, 2.45) is 0 Å². The van der Waals surface area contributed by atoms with E-state index >= 15 is 0 Å². The third-order valence-electron chi connectivity index (χ3n) is 5.73. The average molecular weight is 428 g/mol. The number of alkyl halides is 3. The van der Waals surface area contributed by atoms with Crippen molar-refractivity contribution in [3.63, 3.8) is 0 Å². The standard InChI is InChI=1S/C19H23N2.CHF3O3S/c1-21-14-12-20(13-15-21)18(16-8-4-2-5-9-16)19(21)17-10-6-3-7-11-17;2-1(3,4)8(5,6)7/h2-11,18-19H,12-15H2,1H3;(H,5,6,7)/q+1;/p-1/t18-,19-;/m1./s1. The second kappa shape index (κ2) is 8.06. The van der Waals surface area contributed by atoms with Crippen molar-refractivity contribution in [1.82, 2.24) is 4.90 Å². The topological polar surface area (TPSA) is 60.4 Å². The van der Waals surface area contributed by atoms with Gasteiger partial charge in [0.25, 0.3) is 0 Å². The van der Waals surface area contributed by atoms with Crippen molar-refractivity contribution < 1.29 is 30.6 Å². The molecule has 2 aromatic carbocycles. The largest absolute Gasteiger partial charge is 0.741 e. The van der Waals surface area contributed by atoms with E-state index < -0.39 is 15.6 Å². The third kappa shape index (κ3) is 4.63. The van der Waals surface area contributed by atoms with Crippen molar-refractivity contribution in [2.45, 2.75) is 17.6 Å². The first-order valence-corrected chi connectivity index (χ1v) is 10.6. The van der Waals surface area contributed by atoms with Crippen LogP contribution in [-0.4, -0.2) is 61.1 Å². The molecule has 0 aromatic heterocycles. The molecule has 2 bridgehead atoms. The van der Waals surface area contributed by atoms with Gasteiger partial charge in [-0.05, 0) is 5.56 Å². The number of benzene rings is 2. The molecule has 3 aliphatic heterocycles. The fraction of sp³-hybridized carbons (Fsp3) is 0.400. The molecule has 2 atom stereocenters. The molecule has 158 valence electrons. The van der Waals surface area contributed by atoms with Crippen molar-refractivity contribution in [2.75, 3.05) is 33.2 Å². The summed E-state index contributed by atoms with van der Waals surface area (Å²) in [5.41, 5.74) is -2.69. The molecule has 0 unspecified atom stereocenters. The van der Waals surface area contributed by atoms with Crippen LogP contribution in [0.2, 0.25) is 0 Å². The number of piperazine rings is 3. The van der Waals surface area contributed by atoms with Gasteiger partial charge in [-0.3, -0.25) is 4.90 Å². The highest BCUT2D eigenvalue weighted by atomic mass is 32.2. The van der Waals surface area contributed by atoms with Crippen molar-refractivity contribution in [3.05, 3.63) is 71.8 Å². The van der Waals surface area contributed by atoms with Gasteiger partial charge in [0.1, 0.15) is 6.04 Å². The Morgan fingerprint density at radius 3 is 1.76 bits per heavy atom. The highest BCUT2D eigenvalue weighted by Gasteiger charge is 2.51. The van der Waals surface area contributed by atoms with Gasteiger partial charge in [0.2, 0.25) is 0 Å². The van der Waals surface area contributed by atoms with Crippen LogP contribution < -0.4 is 0 Å². The molecular formula is C20H23F3N2O3S. The molecule has 3 saturated heterocycles. The lowest BCUT2D eigenvalue weighted by molar-refractivity contribution is -0.958. The Bertz CT molecular complexity index is 913. The van der Waals surface area contributed by atoms with E-state index in [0.29, 0.717) is 12.1 Å². The summed E-state index contributed by atoms with van der Waals surface area (Å²) in [7, 11) is -3.64. The fourth-order valence-electron chi connectivity index (χ4n) is 4.27. The van der Waals surface area contributed by atoms with Crippen LogP contribution in [-0.2, 0) is 10.1 Å². The number of rotatable bonds is 2. The number of fused-ring (bicyclic) bond motifs is 3. The number of likely N-dealkylation sites (N-methyl/N-ethyl adjacent to an activating group) is 1. The molecule has 0 amide bonds. The summed E-state index contributed by atoms with van der Waals surface area (Å²) in [6.07, 6.45) is 0. The molecular weight excluding hydrogens is 405 g/mol. The summed E-state index contributed by atoms with van der Waals surface area (Å²) >= 11 is 0. The summed E-state index contributed by atoms with van der Waals surface area (Å²) in [5, 5.41) is 0. The summed E-state index contributed by atoms with van der Waals surface area (Å²) in [6, 6.07) is 23.3. The summed E-state index contributed by atoms with van der Waals surface area (Å²) in [5.74, 6) is 0. The molecule has 0 aliphatic carbocycles. The lowest BCUT2D eigenvalue weighted by Crippen LogP contribution is -2.67. The lowest BCUT2D eigenvalue weighted by atomic mass is 9.84. The van der Waals surface area contributed by atoms with Crippen LogP contribution in [0.4, 0.5) is 13.2 Å². The van der Waals surface area contributed by atoms with Gasteiger partial charge in [0.05, 0.1) is 26.2 Å². The number of hydrogen-bond acceptors (Lipinski definition) is 4. The van der Waals surface area contributed by atoms with E-state index in [0.717, 1.165) is 0 Å². The van der Waals surface area contributed by atoms with Gasteiger partial charge in [-0.1, -0.05) is 60.7 Å². The zero-order valence-corrected chi connectivity index (χ0v) is 16.7. The van der Waals surface area contributed by atoms with Crippen LogP contribution in [0.1, 0.15) is 23.2 Å². The number of hydrogen-bond donors (Lipinski definition) is 0. The highest BCUT2D eigenvalue weighted by Crippen LogP contribution is 2.47. The monoisotopic (exact) mass is 428 g/mol. The Hall–Kier alpha value is -1.94. The van der Waals surface area contributed by atoms with Crippen LogP contribution in [0.3, 0.4) is 0 Å². The predicted molar refractivity (Wildman–Crippen MR) is 102 cm³/mol. The molecule has 3 fully saturated rings. The van der Waals surface area contributed by atoms with E-state index in [2.05, 4.69) is 72.6 Å². The number of nitrogens with zero attached hydrogens (tertiary/aromatic N) is 2. The minimum absolute atomic E-state index is 0.515. The van der Waals surface area contributed by atoms with Gasteiger partial charge < -0.3 is 9.04 Å². The van der Waals surface area contributed by atoms with Crippen LogP contribution in [0, 0.1) is 0 Å². The van der Waals surface area contributed by atoms with Gasteiger partial charge in [0.15, 0.2) is 10.1 Å². The molecule has 3 aliphatic rings. The summed E-state index contributed by atoms with van der Waals surface area (Å²) in [6.45, 7) is 4.98. The molecule has 0 N–H and O–H groups in total. The maximum atomic E-state index is 10.7. The SMILES string of the molecule is C[N+]12CCN(CC1)[C@H](c1ccccc1)[C@H]2c1ccccc1.O=S(=O)([O-])C(F)(F)F. The zero-order valence-electron chi connectivity index (χ0n) is 15.9. The summed E-state index contributed by atoms with van der Waals surface area (Å²) < 4.78 is 60.1. The fourth-order valence-corrected chi connectivity index (χ4v) is 4.27. The highest BCUT2D eigenvalue weighted by molar-refractivity contribution is 7.86. The van der Waals surface area contributed by atoms with Crippen molar-refractivity contribution in [3.8, 4) is 0 Å². The van der Waals surface area contributed by atoms with Gasteiger partial charge >= 0.3 is 5.51 Å². The molecule has 3 heterocycles. The third-order valence-corrected chi connectivity index (χ3v) is 6.29. The molecule has 0 saturated carbocycles. The lowest BCUT2D eigenvalue weighted by Gasteiger charge is -2.58. The minimum atomic E-state index is -6.09. The zero-order chi connectivity index (χ0) is 21.3. The maximum Gasteiger partial charge on any atom is 0.485 e. The van der Waals surface area contributed by atoms with Crippen LogP contribution in [0.15, 0.2) is 60.7 Å². The first kappa shape index (κ1) is 21.8. The Labute approximate surface area is 168 Å². The second-order valence-corrected chi connectivity index (χ2v) is 8.94. The number of halogens is 3. The van der Waals surface area contributed by atoms with E-state index in [1.807, 2.05) is 0 Å². The molecule has 9 heteroatoms. The Morgan fingerprint density at radius 2 is 1.34 bits per heavy atom. The van der Waals surface area contributed by atoms with Crippen LogP contribution >= 0.6 is 0 Å². The normalized spacial score (nSPS) is 29.1. The Kier molecular flexibility index (Phi) is 6.05. The average Bonchev–Trinajstić information content (AvgIpc) is 2.68. The predicted octanol–water partition coefficient (Wildman–Crippen LogP) is 3.30. The van der Waals surface area contributed by atoms with E-state index in [4.69, 9.17) is 13.0 Å². The van der Waals surface area contributed by atoms with Crippen LogP contribution in [0.25, 0.3) is 0 Å². The smallest absolute Gasteiger partial charge is 0.485 e. The van der Waals surface area contributed by atoms with Crippen molar-refractivity contribution in [1.29, 1.82) is 0 Å².